The van der Waals surface area contributed by atoms with Gasteiger partial charge in [0.1, 0.15) is 0 Å². The smallest absolute Gasteiger partial charge is 0.250 e. The topological polar surface area (TPSA) is 71.3 Å². The summed E-state index contributed by atoms with van der Waals surface area (Å²) in [5.41, 5.74) is 3.37. The van der Waals surface area contributed by atoms with Crippen LogP contribution in [0.1, 0.15) is 21.8 Å². The van der Waals surface area contributed by atoms with Gasteiger partial charge in [0.15, 0.2) is 5.96 Å². The maximum atomic E-state index is 11.8. The molecule has 2 aromatic heterocycles. The van der Waals surface area contributed by atoms with Crippen molar-refractivity contribution >= 4 is 17.3 Å². The average Bonchev–Trinajstić information content (AvgIpc) is 3.12. The molecule has 0 atom stereocenters. The summed E-state index contributed by atoms with van der Waals surface area (Å²) in [5.74, 6) is 0.770. The fraction of sp³-hybridized carbons (Fsp3) is 0.286. The number of nitrogens with zero attached hydrogens (tertiary/aromatic N) is 3. The number of aromatic nitrogens is 2. The lowest BCUT2D eigenvalue weighted by atomic mass is 10.1. The van der Waals surface area contributed by atoms with E-state index in [1.165, 1.54) is 0 Å². The number of pyridine rings is 1. The average molecular weight is 396 g/mol. The van der Waals surface area contributed by atoms with E-state index >= 15 is 0 Å². The van der Waals surface area contributed by atoms with Crippen LogP contribution in [0.15, 0.2) is 63.8 Å². The van der Waals surface area contributed by atoms with Crippen molar-refractivity contribution in [1.82, 2.24) is 20.2 Å². The molecular weight excluding hydrogens is 370 g/mol. The molecule has 0 bridgehead atoms. The number of hydrogen-bond acceptors (Lipinski definition) is 4. The highest BCUT2D eigenvalue weighted by Crippen LogP contribution is 2.08. The highest BCUT2D eigenvalue weighted by molar-refractivity contribution is 7.09. The fourth-order valence-corrected chi connectivity index (χ4v) is 3.44. The molecule has 0 saturated heterocycles. The molecule has 7 heteroatoms. The van der Waals surface area contributed by atoms with Gasteiger partial charge in [-0.05, 0) is 24.1 Å². The summed E-state index contributed by atoms with van der Waals surface area (Å²) in [7, 11) is 1.77. The summed E-state index contributed by atoms with van der Waals surface area (Å²) in [5, 5.41) is 9.83. The number of guanidine groups is 1. The normalized spacial score (nSPS) is 11.4. The Morgan fingerprint density at radius 1 is 1.14 bits per heavy atom. The van der Waals surface area contributed by atoms with Crippen molar-refractivity contribution in [2.24, 2.45) is 4.99 Å². The number of benzene rings is 1. The molecule has 2 N–H and O–H groups in total. The first-order chi connectivity index (χ1) is 13.6. The van der Waals surface area contributed by atoms with Crippen LogP contribution in [0, 0.1) is 6.92 Å². The highest BCUT2D eigenvalue weighted by atomic mass is 32.1. The Kier molecular flexibility index (Phi) is 6.97. The van der Waals surface area contributed by atoms with Crippen molar-refractivity contribution in [3.63, 3.8) is 0 Å². The van der Waals surface area contributed by atoms with E-state index in [0.717, 1.165) is 40.8 Å². The Morgan fingerprint density at radius 2 is 1.93 bits per heavy atom. The van der Waals surface area contributed by atoms with Gasteiger partial charge in [-0.25, -0.2) is 4.98 Å². The summed E-state index contributed by atoms with van der Waals surface area (Å²) in [4.78, 5) is 20.5. The van der Waals surface area contributed by atoms with Crippen molar-refractivity contribution in [3.05, 3.63) is 86.2 Å². The zero-order valence-electron chi connectivity index (χ0n) is 16.2. The van der Waals surface area contributed by atoms with Crippen LogP contribution in [-0.2, 0) is 19.5 Å². The number of aliphatic imine (C=N–C) groups is 1. The molecule has 2 heterocycles. The summed E-state index contributed by atoms with van der Waals surface area (Å²) in [6, 6.07) is 13.4. The number of thiazole rings is 1. The van der Waals surface area contributed by atoms with Crippen molar-refractivity contribution < 1.29 is 0 Å². The lowest BCUT2D eigenvalue weighted by molar-refractivity contribution is 0.757. The van der Waals surface area contributed by atoms with Crippen LogP contribution in [0.2, 0.25) is 0 Å². The van der Waals surface area contributed by atoms with Gasteiger partial charge in [0.2, 0.25) is 0 Å². The third kappa shape index (κ3) is 5.79. The number of aryl methyl sites for hydroxylation is 1. The molecule has 0 spiro atoms. The minimum absolute atomic E-state index is 0.0101. The molecule has 0 aliphatic carbocycles. The zero-order valence-corrected chi connectivity index (χ0v) is 17.0. The molecule has 3 rings (SSSR count). The van der Waals surface area contributed by atoms with E-state index in [1.54, 1.807) is 41.3 Å². The lowest BCUT2D eigenvalue weighted by Gasteiger charge is -2.12. The van der Waals surface area contributed by atoms with Crippen LogP contribution in [-0.4, -0.2) is 29.1 Å². The Morgan fingerprint density at radius 3 is 2.61 bits per heavy atom. The Balaban J connectivity index is 1.46. The van der Waals surface area contributed by atoms with E-state index < -0.39 is 0 Å². The zero-order chi connectivity index (χ0) is 19.8. The maximum absolute atomic E-state index is 11.8. The molecule has 146 valence electrons. The summed E-state index contributed by atoms with van der Waals surface area (Å²) >= 11 is 1.68. The molecule has 0 saturated carbocycles. The molecule has 0 unspecified atom stereocenters. The maximum Gasteiger partial charge on any atom is 0.250 e. The van der Waals surface area contributed by atoms with Gasteiger partial charge in [0.05, 0.1) is 17.2 Å². The van der Waals surface area contributed by atoms with Gasteiger partial charge >= 0.3 is 0 Å². The summed E-state index contributed by atoms with van der Waals surface area (Å²) in [6.07, 6.45) is 2.68. The van der Waals surface area contributed by atoms with Crippen LogP contribution in [0.5, 0.6) is 0 Å². The molecule has 0 fully saturated rings. The molecule has 3 aromatic rings. The van der Waals surface area contributed by atoms with Gasteiger partial charge < -0.3 is 15.2 Å². The first-order valence-electron chi connectivity index (χ1n) is 9.23. The molecule has 0 aliphatic rings. The largest absolute Gasteiger partial charge is 0.356 e. The minimum Gasteiger partial charge on any atom is -0.356 e. The van der Waals surface area contributed by atoms with Crippen molar-refractivity contribution in [3.8, 4) is 0 Å². The SMILES string of the molecule is CN=C(NCCc1csc(C)n1)NCc1ccc(Cn2ccccc2=O)cc1. The van der Waals surface area contributed by atoms with Crippen LogP contribution in [0.25, 0.3) is 0 Å². The molecule has 28 heavy (non-hydrogen) atoms. The number of rotatable bonds is 7. The highest BCUT2D eigenvalue weighted by Gasteiger charge is 2.02. The van der Waals surface area contributed by atoms with Gasteiger partial charge in [0, 0.05) is 44.2 Å². The van der Waals surface area contributed by atoms with Crippen molar-refractivity contribution in [1.29, 1.82) is 0 Å². The predicted octanol–water partition coefficient (Wildman–Crippen LogP) is 2.57. The van der Waals surface area contributed by atoms with E-state index in [2.05, 4.69) is 50.3 Å². The van der Waals surface area contributed by atoms with Gasteiger partial charge in [-0.1, -0.05) is 30.3 Å². The molecule has 1 aromatic carbocycles. The van der Waals surface area contributed by atoms with E-state index in [-0.39, 0.29) is 5.56 Å². The third-order valence-corrected chi connectivity index (χ3v) is 5.12. The first kappa shape index (κ1) is 19.8. The Labute approximate surface area is 169 Å². The van der Waals surface area contributed by atoms with Crippen LogP contribution in [0.3, 0.4) is 0 Å². The van der Waals surface area contributed by atoms with Crippen molar-refractivity contribution in [2.75, 3.05) is 13.6 Å². The predicted molar refractivity (Wildman–Crippen MR) is 115 cm³/mol. The van der Waals surface area contributed by atoms with Gasteiger partial charge in [-0.15, -0.1) is 11.3 Å². The quantitative estimate of drug-likeness (QED) is 0.476. The standard InChI is InChI=1S/C21H25N5OS/c1-16-25-19(15-28-16)10-11-23-21(22-2)24-13-17-6-8-18(9-7-17)14-26-12-4-3-5-20(26)27/h3-9,12,15H,10-11,13-14H2,1-2H3,(H2,22,23,24). The molecule has 0 amide bonds. The minimum atomic E-state index is 0.0101. The Bertz CT molecular complexity index is 975. The van der Waals surface area contributed by atoms with Gasteiger partial charge in [-0.2, -0.15) is 0 Å². The van der Waals surface area contributed by atoms with Crippen LogP contribution < -0.4 is 16.2 Å². The van der Waals surface area contributed by atoms with Crippen LogP contribution in [0.4, 0.5) is 0 Å². The third-order valence-electron chi connectivity index (χ3n) is 4.30. The molecular formula is C21H25N5OS. The number of hydrogen-bond donors (Lipinski definition) is 2. The second-order valence-electron chi connectivity index (χ2n) is 6.44. The van der Waals surface area contributed by atoms with Gasteiger partial charge in [0.25, 0.3) is 5.56 Å². The first-order valence-corrected chi connectivity index (χ1v) is 10.1. The second kappa shape index (κ2) is 9.85. The lowest BCUT2D eigenvalue weighted by Crippen LogP contribution is -2.37. The molecule has 0 aliphatic heterocycles. The van der Waals surface area contributed by atoms with Gasteiger partial charge in [-0.3, -0.25) is 9.79 Å². The molecule has 0 radical (unpaired) electrons. The van der Waals surface area contributed by atoms with E-state index in [9.17, 15) is 4.79 Å². The molecule has 6 nitrogen and oxygen atoms in total. The number of nitrogens with one attached hydrogen (secondary N) is 2. The van der Waals surface area contributed by atoms with Crippen LogP contribution >= 0.6 is 11.3 Å². The van der Waals surface area contributed by atoms with E-state index in [0.29, 0.717) is 13.1 Å². The monoisotopic (exact) mass is 395 g/mol. The van der Waals surface area contributed by atoms with E-state index in [1.807, 2.05) is 13.0 Å². The summed E-state index contributed by atoms with van der Waals surface area (Å²) in [6.45, 7) is 4.06. The summed E-state index contributed by atoms with van der Waals surface area (Å²) < 4.78 is 1.70. The Hall–Kier alpha value is -2.93. The second-order valence-corrected chi connectivity index (χ2v) is 7.51. The van der Waals surface area contributed by atoms with Crippen molar-refractivity contribution in [2.45, 2.75) is 26.4 Å². The van der Waals surface area contributed by atoms with E-state index in [4.69, 9.17) is 0 Å². The fourth-order valence-electron chi connectivity index (χ4n) is 2.79.